The third kappa shape index (κ3) is 1.72. The van der Waals surface area contributed by atoms with Gasteiger partial charge >= 0.3 is 6.18 Å². The fourth-order valence-electron chi connectivity index (χ4n) is 1.16. The lowest BCUT2D eigenvalue weighted by Gasteiger charge is -1.98. The maximum Gasteiger partial charge on any atom is 0.435 e. The summed E-state index contributed by atoms with van der Waals surface area (Å²) >= 11 is 0. The fraction of sp³-hybridized carbons (Fsp3) is 0.250. The first-order valence-electron chi connectivity index (χ1n) is 3.92. The minimum Gasteiger partial charge on any atom is -0.363 e. The monoisotopic (exact) mass is 216 g/mol. The van der Waals surface area contributed by atoms with Gasteiger partial charge in [-0.15, -0.1) is 0 Å². The molecular formula is C8H5F3N3O. The second-order valence-electron chi connectivity index (χ2n) is 2.88. The molecule has 0 N–H and O–H groups in total. The molecular weight excluding hydrogens is 211 g/mol. The Morgan fingerprint density at radius 1 is 1.47 bits per heavy atom. The lowest BCUT2D eigenvalue weighted by atomic mass is 10.2. The summed E-state index contributed by atoms with van der Waals surface area (Å²) in [7, 11) is 1.41. The molecule has 0 amide bonds. The lowest BCUT2D eigenvalue weighted by Crippen LogP contribution is -2.06. The van der Waals surface area contributed by atoms with Gasteiger partial charge in [0.1, 0.15) is 12.5 Å². The van der Waals surface area contributed by atoms with Crippen molar-refractivity contribution in [2.45, 2.75) is 6.18 Å². The van der Waals surface area contributed by atoms with Crippen LogP contribution in [0.25, 0.3) is 11.3 Å². The predicted molar refractivity (Wildman–Crippen MR) is 42.5 cm³/mol. The molecule has 2 rings (SSSR count). The Balaban J connectivity index is 2.47. The van der Waals surface area contributed by atoms with E-state index in [9.17, 15) is 13.2 Å². The Kier molecular flexibility index (Phi) is 2.02. The molecule has 0 bridgehead atoms. The van der Waals surface area contributed by atoms with Crippen LogP contribution in [0, 0.1) is 6.20 Å². The minimum atomic E-state index is -4.45. The molecule has 0 aliphatic heterocycles. The van der Waals surface area contributed by atoms with Crippen LogP contribution in [0.5, 0.6) is 0 Å². The van der Waals surface area contributed by atoms with E-state index in [2.05, 4.69) is 21.0 Å². The van der Waals surface area contributed by atoms with Gasteiger partial charge in [-0.05, 0) is 6.07 Å². The van der Waals surface area contributed by atoms with E-state index in [1.54, 1.807) is 0 Å². The van der Waals surface area contributed by atoms with Gasteiger partial charge in [-0.2, -0.15) is 18.3 Å². The van der Waals surface area contributed by atoms with Crippen LogP contribution >= 0.6 is 0 Å². The fourth-order valence-corrected chi connectivity index (χ4v) is 1.16. The first kappa shape index (κ1) is 9.75. The van der Waals surface area contributed by atoms with Crippen LogP contribution in [-0.4, -0.2) is 14.9 Å². The molecule has 0 saturated heterocycles. The first-order chi connectivity index (χ1) is 6.98. The molecule has 0 unspecified atom stereocenters. The van der Waals surface area contributed by atoms with Gasteiger partial charge in [0.2, 0.25) is 0 Å². The Hall–Kier alpha value is -1.79. The molecule has 1 radical (unpaired) electrons. The van der Waals surface area contributed by atoms with Crippen LogP contribution in [0.2, 0.25) is 0 Å². The summed E-state index contributed by atoms with van der Waals surface area (Å²) < 4.78 is 42.5. The van der Waals surface area contributed by atoms with Crippen molar-refractivity contribution in [2.75, 3.05) is 0 Å². The zero-order valence-corrected chi connectivity index (χ0v) is 7.54. The molecule has 7 heteroatoms. The summed E-state index contributed by atoms with van der Waals surface area (Å²) in [6.07, 6.45) is -0.832. The van der Waals surface area contributed by atoms with E-state index in [0.29, 0.717) is 5.56 Å². The lowest BCUT2D eigenvalue weighted by molar-refractivity contribution is -0.141. The van der Waals surface area contributed by atoms with Crippen molar-refractivity contribution in [1.82, 2.24) is 14.9 Å². The van der Waals surface area contributed by atoms with Crippen molar-refractivity contribution in [2.24, 2.45) is 7.05 Å². The van der Waals surface area contributed by atoms with Crippen molar-refractivity contribution in [3.63, 3.8) is 0 Å². The maximum absolute atomic E-state index is 12.3. The quantitative estimate of drug-likeness (QED) is 0.731. The molecule has 79 valence electrons. The topological polar surface area (TPSA) is 43.9 Å². The van der Waals surface area contributed by atoms with Crippen molar-refractivity contribution in [3.8, 4) is 11.3 Å². The van der Waals surface area contributed by atoms with Crippen molar-refractivity contribution in [3.05, 3.63) is 24.2 Å². The summed E-state index contributed by atoms with van der Waals surface area (Å²) in [5.41, 5.74) is -0.362. The maximum atomic E-state index is 12.3. The molecule has 2 aromatic heterocycles. The highest BCUT2D eigenvalue weighted by molar-refractivity contribution is 5.56. The first-order valence-corrected chi connectivity index (χ1v) is 3.92. The third-order valence-electron chi connectivity index (χ3n) is 1.84. The van der Waals surface area contributed by atoms with E-state index in [1.165, 1.54) is 13.3 Å². The Morgan fingerprint density at radius 2 is 2.20 bits per heavy atom. The van der Waals surface area contributed by atoms with Crippen molar-refractivity contribution < 1.29 is 17.7 Å². The largest absolute Gasteiger partial charge is 0.435 e. The van der Waals surface area contributed by atoms with Gasteiger partial charge in [0.25, 0.3) is 0 Å². The van der Waals surface area contributed by atoms with Crippen molar-refractivity contribution in [1.29, 1.82) is 0 Å². The number of aromatic nitrogens is 3. The van der Waals surface area contributed by atoms with E-state index in [4.69, 9.17) is 0 Å². The van der Waals surface area contributed by atoms with Gasteiger partial charge in [-0.3, -0.25) is 4.68 Å². The summed E-state index contributed by atoms with van der Waals surface area (Å²) in [4.78, 5) is 0. The van der Waals surface area contributed by atoms with Crippen LogP contribution in [0.3, 0.4) is 0 Å². The Labute approximate surface area is 82.3 Å². The number of alkyl halides is 3. The number of hydrogen-bond donors (Lipinski definition) is 0. The average Bonchev–Trinajstić information content (AvgIpc) is 2.69. The Morgan fingerprint density at radius 3 is 2.67 bits per heavy atom. The van der Waals surface area contributed by atoms with Gasteiger partial charge in [-0.1, -0.05) is 5.16 Å². The molecule has 15 heavy (non-hydrogen) atoms. The van der Waals surface area contributed by atoms with Crippen LogP contribution in [0.4, 0.5) is 13.2 Å². The van der Waals surface area contributed by atoms with E-state index in [1.807, 2.05) is 0 Å². The van der Waals surface area contributed by atoms with Crippen LogP contribution in [0.15, 0.2) is 16.9 Å². The number of hydrogen-bond acceptors (Lipinski definition) is 3. The van der Waals surface area contributed by atoms with E-state index >= 15 is 0 Å². The van der Waals surface area contributed by atoms with Gasteiger partial charge in [0.15, 0.2) is 5.69 Å². The zero-order chi connectivity index (χ0) is 11.1. The van der Waals surface area contributed by atoms with Crippen LogP contribution < -0.4 is 0 Å². The number of rotatable bonds is 1. The Bertz CT molecular complexity index is 458. The van der Waals surface area contributed by atoms with Crippen molar-refractivity contribution >= 4 is 0 Å². The zero-order valence-electron chi connectivity index (χ0n) is 7.54. The average molecular weight is 216 g/mol. The standard InChI is InChI=1S/C8H5F3N3O/c1-14-6(5-3-12-15-4-5)2-7(13-14)8(9,10)11/h2,4H,1H3. The molecule has 0 aromatic carbocycles. The second kappa shape index (κ2) is 3.11. The minimum absolute atomic E-state index is 0.253. The molecule has 0 saturated carbocycles. The van der Waals surface area contributed by atoms with Gasteiger partial charge in [-0.25, -0.2) is 0 Å². The smallest absolute Gasteiger partial charge is 0.363 e. The highest BCUT2D eigenvalue weighted by Gasteiger charge is 2.34. The van der Waals surface area contributed by atoms with Crippen LogP contribution in [0.1, 0.15) is 5.69 Å². The molecule has 4 nitrogen and oxygen atoms in total. The molecule has 0 atom stereocenters. The molecule has 0 aliphatic rings. The molecule has 2 aromatic rings. The highest BCUT2D eigenvalue weighted by atomic mass is 19.4. The van der Waals surface area contributed by atoms with Gasteiger partial charge in [0.05, 0.1) is 11.3 Å². The SMILES string of the molecule is Cn1nc(C(F)(F)F)cc1-c1[c]noc1. The third-order valence-corrected chi connectivity index (χ3v) is 1.84. The van der Waals surface area contributed by atoms with E-state index < -0.39 is 11.9 Å². The summed E-state index contributed by atoms with van der Waals surface area (Å²) in [5, 5.41) is 6.63. The normalized spacial score (nSPS) is 12.0. The number of nitrogens with zero attached hydrogens (tertiary/aromatic N) is 3. The number of halogens is 3. The van der Waals surface area contributed by atoms with Gasteiger partial charge in [0, 0.05) is 7.05 Å². The summed E-state index contributed by atoms with van der Waals surface area (Å²) in [5.74, 6) is 0. The predicted octanol–water partition coefficient (Wildman–Crippen LogP) is 1.89. The molecule has 2 heterocycles. The molecule has 0 spiro atoms. The molecule has 0 fully saturated rings. The molecule has 0 aliphatic carbocycles. The van der Waals surface area contributed by atoms with Gasteiger partial charge < -0.3 is 4.52 Å². The van der Waals surface area contributed by atoms with Crippen LogP contribution in [-0.2, 0) is 13.2 Å². The summed E-state index contributed by atoms with van der Waals surface area (Å²) in [6, 6.07) is 0.920. The van der Waals surface area contributed by atoms with E-state index in [-0.39, 0.29) is 5.69 Å². The summed E-state index contributed by atoms with van der Waals surface area (Å²) in [6.45, 7) is 0. The highest BCUT2D eigenvalue weighted by Crippen LogP contribution is 2.30. The van der Waals surface area contributed by atoms with E-state index in [0.717, 1.165) is 10.7 Å². The number of aryl methyl sites for hydroxylation is 1. The second-order valence-corrected chi connectivity index (χ2v) is 2.88.